The zero-order valence-corrected chi connectivity index (χ0v) is 14.0. The molecule has 1 aromatic heterocycles. The highest BCUT2D eigenvalue weighted by molar-refractivity contribution is 14.1. The van der Waals surface area contributed by atoms with Crippen molar-refractivity contribution in [3.63, 3.8) is 0 Å². The van der Waals surface area contributed by atoms with Gasteiger partial charge in [0.1, 0.15) is 5.76 Å². The predicted octanol–water partition coefficient (Wildman–Crippen LogP) is 2.83. The van der Waals surface area contributed by atoms with E-state index in [0.29, 0.717) is 28.6 Å². The fourth-order valence-electron chi connectivity index (χ4n) is 1.86. The van der Waals surface area contributed by atoms with Crippen LogP contribution in [0.3, 0.4) is 0 Å². The maximum absolute atomic E-state index is 14.0. The minimum atomic E-state index is -0.552. The monoisotopic (exact) mass is 419 g/mol. The number of hydrogen-bond acceptors (Lipinski definition) is 5. The maximum Gasteiger partial charge on any atom is 0.170 e. The lowest BCUT2D eigenvalue weighted by Crippen LogP contribution is -2.14. The lowest BCUT2D eigenvalue weighted by Gasteiger charge is -2.10. The van der Waals surface area contributed by atoms with E-state index in [-0.39, 0.29) is 11.6 Å². The van der Waals surface area contributed by atoms with Crippen LogP contribution in [0.25, 0.3) is 0 Å². The molecule has 0 saturated heterocycles. The number of nitrogens with zero attached hydrogens (tertiary/aromatic N) is 2. The summed E-state index contributed by atoms with van der Waals surface area (Å²) in [6.07, 6.45) is 1.34. The van der Waals surface area contributed by atoms with Gasteiger partial charge in [0, 0.05) is 18.1 Å². The van der Waals surface area contributed by atoms with Crippen molar-refractivity contribution in [2.45, 2.75) is 19.8 Å². The van der Waals surface area contributed by atoms with Crippen LogP contribution in [-0.2, 0) is 6.42 Å². The van der Waals surface area contributed by atoms with Gasteiger partial charge >= 0.3 is 0 Å². The molecule has 2 rings (SSSR count). The van der Waals surface area contributed by atoms with Crippen LogP contribution in [0, 0.1) is 16.3 Å². The highest BCUT2D eigenvalue weighted by Crippen LogP contribution is 2.26. The molecule has 1 aromatic carbocycles. The quantitative estimate of drug-likeness (QED) is 0.188. The fraction of sp³-hybridized carbons (Fsp3) is 0.286. The first-order valence-corrected chi connectivity index (χ1v) is 7.61. The third kappa shape index (κ3) is 4.09. The van der Waals surface area contributed by atoms with Gasteiger partial charge < -0.3 is 20.2 Å². The minimum absolute atomic E-state index is 0.149. The second-order valence-corrected chi connectivity index (χ2v) is 5.80. The van der Waals surface area contributed by atoms with Crippen LogP contribution in [0.2, 0.25) is 0 Å². The maximum atomic E-state index is 14.0. The summed E-state index contributed by atoms with van der Waals surface area (Å²) in [6.45, 7) is 2.19. The molecule has 22 heavy (non-hydrogen) atoms. The van der Waals surface area contributed by atoms with Crippen molar-refractivity contribution in [3.05, 3.63) is 44.6 Å². The van der Waals surface area contributed by atoms with E-state index in [1.165, 1.54) is 6.07 Å². The van der Waals surface area contributed by atoms with Gasteiger partial charge in [-0.3, -0.25) is 0 Å². The highest BCUT2D eigenvalue weighted by Gasteiger charge is 2.13. The summed E-state index contributed by atoms with van der Waals surface area (Å²) in [6, 6.07) is 4.62. The molecule has 0 spiro atoms. The predicted molar refractivity (Wildman–Crippen MR) is 86.7 cm³/mol. The Morgan fingerprint density at radius 1 is 1.50 bits per heavy atom. The Bertz CT molecular complexity index is 665. The van der Waals surface area contributed by atoms with E-state index in [2.05, 4.69) is 10.3 Å². The average molecular weight is 419 g/mol. The Kier molecular flexibility index (Phi) is 5.58. The Balaban J connectivity index is 1.95. The van der Waals surface area contributed by atoms with E-state index < -0.39 is 5.82 Å². The smallest absolute Gasteiger partial charge is 0.170 e. The first-order valence-electron chi connectivity index (χ1n) is 6.53. The Morgan fingerprint density at radius 3 is 2.86 bits per heavy atom. The number of halogens is 2. The molecule has 0 aliphatic rings. The second kappa shape index (κ2) is 7.43. The Hall–Kier alpha value is -1.84. The lowest BCUT2D eigenvalue weighted by molar-refractivity contribution is 0.285. The number of aryl methyl sites for hydroxylation is 2. The number of aromatic nitrogens is 1. The number of ether oxygens (including phenoxy) is 1. The number of benzene rings is 1. The standard InChI is InChI=1S/C14H15FIN3O3/c1-8-5-10(22-19-8)3-2-4-21-13-11(15)6-9(7-12(13)16)14(17)18-20/h5-7,20H,2-4H2,1H3,(H2,17,18). The number of hydrogen-bond donors (Lipinski definition) is 2. The van der Waals surface area contributed by atoms with Gasteiger partial charge in [-0.25, -0.2) is 4.39 Å². The summed E-state index contributed by atoms with van der Waals surface area (Å²) in [5.41, 5.74) is 6.57. The molecule has 0 aliphatic heterocycles. The third-order valence-corrected chi connectivity index (χ3v) is 3.69. The summed E-state index contributed by atoms with van der Waals surface area (Å²) in [5.74, 6) is 0.232. The summed E-state index contributed by atoms with van der Waals surface area (Å²) >= 11 is 1.94. The van der Waals surface area contributed by atoms with Crippen molar-refractivity contribution >= 4 is 28.4 Å². The number of amidine groups is 1. The topological polar surface area (TPSA) is 93.9 Å². The van der Waals surface area contributed by atoms with Crippen molar-refractivity contribution in [1.29, 1.82) is 0 Å². The van der Waals surface area contributed by atoms with Crippen molar-refractivity contribution in [3.8, 4) is 5.75 Å². The SMILES string of the molecule is Cc1cc(CCCOc2c(F)cc(/C(N)=N/O)cc2I)on1. The molecule has 0 amide bonds. The van der Waals surface area contributed by atoms with Crippen molar-refractivity contribution in [2.24, 2.45) is 10.9 Å². The summed E-state index contributed by atoms with van der Waals surface area (Å²) in [5, 5.41) is 15.3. The van der Waals surface area contributed by atoms with Gasteiger partial charge in [-0.1, -0.05) is 10.3 Å². The molecule has 0 radical (unpaired) electrons. The van der Waals surface area contributed by atoms with Crippen LogP contribution in [0.5, 0.6) is 5.75 Å². The molecule has 118 valence electrons. The van der Waals surface area contributed by atoms with Crippen molar-refractivity contribution in [2.75, 3.05) is 6.61 Å². The van der Waals surface area contributed by atoms with Crippen LogP contribution in [0.4, 0.5) is 4.39 Å². The molecule has 2 aromatic rings. The molecule has 3 N–H and O–H groups in total. The van der Waals surface area contributed by atoms with E-state index >= 15 is 0 Å². The van der Waals surface area contributed by atoms with E-state index in [1.807, 2.05) is 35.6 Å². The first kappa shape index (κ1) is 16.5. The molecule has 1 heterocycles. The van der Waals surface area contributed by atoms with Gasteiger partial charge in [0.2, 0.25) is 0 Å². The van der Waals surface area contributed by atoms with Crippen LogP contribution in [0.15, 0.2) is 27.9 Å². The van der Waals surface area contributed by atoms with Gasteiger partial charge in [0.05, 0.1) is 15.9 Å². The van der Waals surface area contributed by atoms with E-state index in [1.54, 1.807) is 6.07 Å². The Labute approximate surface area is 140 Å². The number of nitrogens with two attached hydrogens (primary N) is 1. The van der Waals surface area contributed by atoms with Gasteiger partial charge in [0.15, 0.2) is 17.4 Å². The Morgan fingerprint density at radius 2 is 2.27 bits per heavy atom. The average Bonchev–Trinajstić information content (AvgIpc) is 2.90. The van der Waals surface area contributed by atoms with Crippen LogP contribution in [0.1, 0.15) is 23.4 Å². The fourth-order valence-corrected chi connectivity index (χ4v) is 2.61. The molecule has 0 aliphatic carbocycles. The normalized spacial score (nSPS) is 11.7. The second-order valence-electron chi connectivity index (χ2n) is 4.64. The highest BCUT2D eigenvalue weighted by atomic mass is 127. The molecular formula is C14H15FIN3O3. The molecule has 8 heteroatoms. The van der Waals surface area contributed by atoms with Crippen molar-refractivity contribution < 1.29 is 18.9 Å². The van der Waals surface area contributed by atoms with Crippen LogP contribution in [-0.4, -0.2) is 22.8 Å². The molecule has 0 atom stereocenters. The van der Waals surface area contributed by atoms with Crippen LogP contribution >= 0.6 is 22.6 Å². The minimum Gasteiger partial charge on any atom is -0.489 e. The molecular weight excluding hydrogens is 404 g/mol. The molecule has 0 saturated carbocycles. The first-order chi connectivity index (χ1) is 10.5. The zero-order chi connectivity index (χ0) is 16.1. The van der Waals surface area contributed by atoms with Gasteiger partial charge in [-0.15, -0.1) is 0 Å². The third-order valence-electron chi connectivity index (χ3n) is 2.89. The molecule has 6 nitrogen and oxygen atoms in total. The largest absolute Gasteiger partial charge is 0.489 e. The zero-order valence-electron chi connectivity index (χ0n) is 11.8. The van der Waals surface area contributed by atoms with Gasteiger partial charge in [-0.05, 0) is 48.1 Å². The molecule has 0 bridgehead atoms. The molecule has 0 unspecified atom stereocenters. The lowest BCUT2D eigenvalue weighted by atomic mass is 10.2. The van der Waals surface area contributed by atoms with E-state index in [4.69, 9.17) is 20.2 Å². The summed E-state index contributed by atoms with van der Waals surface area (Å²) in [4.78, 5) is 0. The summed E-state index contributed by atoms with van der Waals surface area (Å²) < 4.78 is 25.1. The number of rotatable bonds is 6. The van der Waals surface area contributed by atoms with Crippen LogP contribution < -0.4 is 10.5 Å². The van der Waals surface area contributed by atoms with E-state index in [9.17, 15) is 4.39 Å². The van der Waals surface area contributed by atoms with Crippen molar-refractivity contribution in [1.82, 2.24) is 5.16 Å². The van der Waals surface area contributed by atoms with E-state index in [0.717, 1.165) is 11.5 Å². The number of oxime groups is 1. The van der Waals surface area contributed by atoms with Gasteiger partial charge in [0.25, 0.3) is 0 Å². The molecule has 0 fully saturated rings. The van der Waals surface area contributed by atoms with Gasteiger partial charge in [-0.2, -0.15) is 0 Å². The summed E-state index contributed by atoms with van der Waals surface area (Å²) in [7, 11) is 0.